The Labute approximate surface area is 109 Å². The number of nitrogens with one attached hydrogen (secondary N) is 2. The van der Waals surface area contributed by atoms with Gasteiger partial charge in [-0.2, -0.15) is 20.1 Å². The van der Waals surface area contributed by atoms with Crippen molar-refractivity contribution in [3.05, 3.63) is 17.4 Å². The second-order valence-electron chi connectivity index (χ2n) is 3.47. The van der Waals surface area contributed by atoms with E-state index in [9.17, 15) is 0 Å². The number of nitrogens with zero attached hydrogens (tertiary/aromatic N) is 6. The summed E-state index contributed by atoms with van der Waals surface area (Å²) in [4.78, 5) is 16.1. The van der Waals surface area contributed by atoms with Crippen LogP contribution in [0.1, 0.15) is 12.7 Å². The smallest absolute Gasteiger partial charge is 0.229 e. The third-order valence-electron chi connectivity index (χ3n) is 1.99. The summed E-state index contributed by atoms with van der Waals surface area (Å²) in [5, 5.41) is 10.2. The molecule has 2 aromatic rings. The molecule has 0 aliphatic heterocycles. The van der Waals surface area contributed by atoms with Crippen LogP contribution in [0.2, 0.25) is 5.28 Å². The number of aromatic nitrogens is 6. The molecule has 0 bridgehead atoms. The molecule has 2 heterocycles. The summed E-state index contributed by atoms with van der Waals surface area (Å²) >= 11 is 5.79. The number of hydrogen-bond acceptors (Lipinski definition) is 7. The Hall–Kier alpha value is -1.96. The molecule has 9 heteroatoms. The van der Waals surface area contributed by atoms with Crippen LogP contribution in [0.25, 0.3) is 0 Å². The Morgan fingerprint density at radius 3 is 2.56 bits per heavy atom. The van der Waals surface area contributed by atoms with Crippen molar-refractivity contribution in [1.82, 2.24) is 29.7 Å². The minimum Gasteiger partial charge on any atom is -0.354 e. The fourth-order valence-electron chi connectivity index (χ4n) is 1.29. The standard InChI is InChI=1S/C9H13ClN8/c1-3-11-8-14-7(10)15-9(16-8)12-4-6-13-5-18(2)17-6/h5H,3-4H2,1-2H3,(H2,11,12,14,15,16). The molecular weight excluding hydrogens is 256 g/mol. The van der Waals surface area contributed by atoms with Crippen molar-refractivity contribution in [1.29, 1.82) is 0 Å². The van der Waals surface area contributed by atoms with Crippen LogP contribution in [0.3, 0.4) is 0 Å². The second-order valence-corrected chi connectivity index (χ2v) is 3.81. The Bertz CT molecular complexity index is 525. The maximum absolute atomic E-state index is 5.79. The topological polar surface area (TPSA) is 93.4 Å². The lowest BCUT2D eigenvalue weighted by molar-refractivity contribution is 0.746. The first-order chi connectivity index (χ1) is 8.67. The molecule has 0 aromatic carbocycles. The highest BCUT2D eigenvalue weighted by Gasteiger charge is 2.05. The number of halogens is 1. The summed E-state index contributed by atoms with van der Waals surface area (Å²) in [7, 11) is 1.81. The Balaban J connectivity index is 2.04. The van der Waals surface area contributed by atoms with Crippen LogP contribution >= 0.6 is 11.6 Å². The molecule has 0 saturated carbocycles. The van der Waals surface area contributed by atoms with Crippen molar-refractivity contribution in [2.45, 2.75) is 13.5 Å². The van der Waals surface area contributed by atoms with Crippen molar-refractivity contribution in [3.8, 4) is 0 Å². The zero-order chi connectivity index (χ0) is 13.0. The van der Waals surface area contributed by atoms with Gasteiger partial charge >= 0.3 is 0 Å². The predicted octanol–water partition coefficient (Wildman–Crippen LogP) is 0.697. The van der Waals surface area contributed by atoms with E-state index in [2.05, 4.69) is 35.7 Å². The van der Waals surface area contributed by atoms with E-state index in [0.717, 1.165) is 0 Å². The van der Waals surface area contributed by atoms with Gasteiger partial charge in [0.05, 0.1) is 6.54 Å². The van der Waals surface area contributed by atoms with E-state index in [1.54, 1.807) is 18.1 Å². The highest BCUT2D eigenvalue weighted by atomic mass is 35.5. The van der Waals surface area contributed by atoms with Crippen LogP contribution in [-0.2, 0) is 13.6 Å². The molecular formula is C9H13ClN8. The van der Waals surface area contributed by atoms with Gasteiger partial charge in [0.25, 0.3) is 0 Å². The van der Waals surface area contributed by atoms with Gasteiger partial charge in [0.1, 0.15) is 6.33 Å². The molecule has 8 nitrogen and oxygen atoms in total. The lowest BCUT2D eigenvalue weighted by Crippen LogP contribution is -2.09. The summed E-state index contributed by atoms with van der Waals surface area (Å²) in [6.07, 6.45) is 1.63. The SMILES string of the molecule is CCNc1nc(Cl)nc(NCc2ncn(C)n2)n1. The van der Waals surface area contributed by atoms with Gasteiger partial charge in [0, 0.05) is 13.6 Å². The van der Waals surface area contributed by atoms with Crippen molar-refractivity contribution in [2.24, 2.45) is 7.05 Å². The van der Waals surface area contributed by atoms with E-state index in [-0.39, 0.29) is 5.28 Å². The van der Waals surface area contributed by atoms with Gasteiger partial charge in [-0.05, 0) is 18.5 Å². The largest absolute Gasteiger partial charge is 0.354 e. The maximum atomic E-state index is 5.79. The lowest BCUT2D eigenvalue weighted by Gasteiger charge is -2.05. The minimum atomic E-state index is 0.137. The van der Waals surface area contributed by atoms with E-state index in [4.69, 9.17) is 11.6 Å². The molecule has 0 amide bonds. The van der Waals surface area contributed by atoms with Crippen LogP contribution < -0.4 is 10.6 Å². The molecule has 2 aromatic heterocycles. The van der Waals surface area contributed by atoms with Gasteiger partial charge in [-0.1, -0.05) is 0 Å². The Morgan fingerprint density at radius 2 is 1.94 bits per heavy atom. The van der Waals surface area contributed by atoms with Crippen LogP contribution in [0, 0.1) is 0 Å². The second kappa shape index (κ2) is 5.58. The fraction of sp³-hybridized carbons (Fsp3) is 0.444. The third-order valence-corrected chi connectivity index (χ3v) is 2.16. The number of anilines is 2. The average Bonchev–Trinajstić information content (AvgIpc) is 2.72. The highest BCUT2D eigenvalue weighted by molar-refractivity contribution is 6.28. The molecule has 2 rings (SSSR count). The van der Waals surface area contributed by atoms with E-state index >= 15 is 0 Å². The predicted molar refractivity (Wildman–Crippen MR) is 67.3 cm³/mol. The number of aryl methyl sites for hydroxylation is 1. The molecule has 0 unspecified atom stereocenters. The van der Waals surface area contributed by atoms with Gasteiger partial charge in [0.15, 0.2) is 5.82 Å². The van der Waals surface area contributed by atoms with E-state index in [1.165, 1.54) is 0 Å². The molecule has 0 atom stereocenters. The normalized spacial score (nSPS) is 10.4. The maximum Gasteiger partial charge on any atom is 0.229 e. The fourth-order valence-corrected chi connectivity index (χ4v) is 1.45. The van der Waals surface area contributed by atoms with Gasteiger partial charge in [0.2, 0.25) is 17.2 Å². The monoisotopic (exact) mass is 268 g/mol. The van der Waals surface area contributed by atoms with Gasteiger partial charge in [-0.15, -0.1) is 0 Å². The van der Waals surface area contributed by atoms with Crippen LogP contribution in [0.4, 0.5) is 11.9 Å². The quantitative estimate of drug-likeness (QED) is 0.824. The molecule has 96 valence electrons. The van der Waals surface area contributed by atoms with Crippen LogP contribution in [-0.4, -0.2) is 36.3 Å². The number of rotatable bonds is 5. The molecule has 18 heavy (non-hydrogen) atoms. The molecule has 0 radical (unpaired) electrons. The van der Waals surface area contributed by atoms with Crippen molar-refractivity contribution in [2.75, 3.05) is 17.2 Å². The zero-order valence-electron chi connectivity index (χ0n) is 10.1. The highest BCUT2D eigenvalue weighted by Crippen LogP contribution is 2.09. The summed E-state index contributed by atoms with van der Waals surface area (Å²) in [6, 6.07) is 0. The van der Waals surface area contributed by atoms with E-state index in [0.29, 0.717) is 30.8 Å². The average molecular weight is 269 g/mol. The molecule has 0 fully saturated rings. The molecule has 0 saturated heterocycles. The first-order valence-corrected chi connectivity index (χ1v) is 5.79. The summed E-state index contributed by atoms with van der Waals surface area (Å²) in [5.74, 6) is 1.48. The summed E-state index contributed by atoms with van der Waals surface area (Å²) in [6.45, 7) is 3.08. The van der Waals surface area contributed by atoms with Crippen LogP contribution in [0.15, 0.2) is 6.33 Å². The lowest BCUT2D eigenvalue weighted by atomic mass is 10.6. The first-order valence-electron chi connectivity index (χ1n) is 5.41. The van der Waals surface area contributed by atoms with Crippen molar-refractivity contribution >= 4 is 23.5 Å². The Kier molecular flexibility index (Phi) is 3.88. The summed E-state index contributed by atoms with van der Waals surface area (Å²) in [5.41, 5.74) is 0. The molecule has 0 aliphatic carbocycles. The van der Waals surface area contributed by atoms with E-state index in [1.807, 2.05) is 6.92 Å². The zero-order valence-corrected chi connectivity index (χ0v) is 10.8. The van der Waals surface area contributed by atoms with Crippen molar-refractivity contribution < 1.29 is 0 Å². The van der Waals surface area contributed by atoms with E-state index < -0.39 is 0 Å². The third kappa shape index (κ3) is 3.27. The van der Waals surface area contributed by atoms with Crippen LogP contribution in [0.5, 0.6) is 0 Å². The Morgan fingerprint density at radius 1 is 1.22 bits per heavy atom. The first kappa shape index (κ1) is 12.5. The molecule has 0 spiro atoms. The van der Waals surface area contributed by atoms with Gasteiger partial charge < -0.3 is 10.6 Å². The van der Waals surface area contributed by atoms with Gasteiger partial charge in [-0.3, -0.25) is 4.68 Å². The summed E-state index contributed by atoms with van der Waals surface area (Å²) < 4.78 is 1.63. The molecule has 2 N–H and O–H groups in total. The molecule has 0 aliphatic rings. The minimum absolute atomic E-state index is 0.137. The van der Waals surface area contributed by atoms with Gasteiger partial charge in [-0.25, -0.2) is 4.98 Å². The van der Waals surface area contributed by atoms with Crippen molar-refractivity contribution in [3.63, 3.8) is 0 Å². The number of hydrogen-bond donors (Lipinski definition) is 2.